The van der Waals surface area contributed by atoms with Crippen molar-refractivity contribution < 1.29 is 8.83 Å². The number of fused-ring (bicyclic) bond motifs is 2. The van der Waals surface area contributed by atoms with Crippen molar-refractivity contribution >= 4 is 27.8 Å². The summed E-state index contributed by atoms with van der Waals surface area (Å²) in [6.07, 6.45) is 0. The normalized spacial score (nSPS) is 12.0. The van der Waals surface area contributed by atoms with Gasteiger partial charge in [0.1, 0.15) is 11.1 Å². The van der Waals surface area contributed by atoms with Crippen LogP contribution < -0.4 is 11.0 Å². The molecule has 136 valence electrons. The number of rotatable bonds is 3. The molecule has 2 aromatic heterocycles. The Hall–Kier alpha value is -3.86. The first-order chi connectivity index (χ1) is 13.8. The van der Waals surface area contributed by atoms with Crippen LogP contribution >= 0.6 is 0 Å². The second-order valence-electron chi connectivity index (χ2n) is 6.57. The van der Waals surface area contributed by atoms with Crippen molar-refractivity contribution in [3.05, 3.63) is 90.0 Å². The van der Waals surface area contributed by atoms with E-state index in [-0.39, 0.29) is 0 Å². The highest BCUT2D eigenvalue weighted by Crippen LogP contribution is 2.26. The lowest BCUT2D eigenvalue weighted by Crippen LogP contribution is -2.11. The Kier molecular flexibility index (Phi) is 3.91. The van der Waals surface area contributed by atoms with E-state index in [0.717, 1.165) is 22.2 Å². The van der Waals surface area contributed by atoms with Gasteiger partial charge in [0.25, 0.3) is 5.55 Å². The number of anilines is 1. The Morgan fingerprint density at radius 3 is 2.39 bits per heavy atom. The van der Waals surface area contributed by atoms with Crippen LogP contribution in [0.2, 0.25) is 0 Å². The third-order valence-corrected chi connectivity index (χ3v) is 4.50. The maximum absolute atomic E-state index is 6.04. The lowest BCUT2D eigenvalue weighted by Gasteiger charge is -2.03. The molecule has 5 rings (SSSR count). The molecule has 0 saturated carbocycles. The molecular formula is C23H17N3O2. The summed E-state index contributed by atoms with van der Waals surface area (Å²) in [6.45, 7) is 2.04. The van der Waals surface area contributed by atoms with Crippen LogP contribution in [-0.4, -0.2) is 4.98 Å². The largest absolute Gasteiger partial charge is 0.454 e. The van der Waals surface area contributed by atoms with Gasteiger partial charge in [0.05, 0.1) is 5.69 Å². The van der Waals surface area contributed by atoms with E-state index in [0.29, 0.717) is 22.6 Å². The summed E-state index contributed by atoms with van der Waals surface area (Å²) in [6, 6.07) is 25.4. The third kappa shape index (κ3) is 3.03. The molecule has 0 spiro atoms. The first-order valence-electron chi connectivity index (χ1n) is 9.01. The number of nitrogens with one attached hydrogen (secondary N) is 1. The summed E-state index contributed by atoms with van der Waals surface area (Å²) >= 11 is 0. The van der Waals surface area contributed by atoms with E-state index >= 15 is 0 Å². The molecule has 28 heavy (non-hydrogen) atoms. The zero-order valence-corrected chi connectivity index (χ0v) is 15.2. The van der Waals surface area contributed by atoms with Crippen molar-refractivity contribution in [1.29, 1.82) is 0 Å². The summed E-state index contributed by atoms with van der Waals surface area (Å²) in [5.41, 5.74) is 8.21. The van der Waals surface area contributed by atoms with Gasteiger partial charge in [-0.25, -0.2) is 4.98 Å². The summed E-state index contributed by atoms with van der Waals surface area (Å²) in [5, 5.41) is 5.47. The van der Waals surface area contributed by atoms with E-state index in [9.17, 15) is 0 Å². The maximum Gasteiger partial charge on any atom is 0.266 e. The SMILES string of the molecule is Cc1ccc(N/N=c2\oc3ccccc3nc2-c2cc3ccccc3o2)cc1. The highest BCUT2D eigenvalue weighted by atomic mass is 16.4. The van der Waals surface area contributed by atoms with E-state index < -0.39 is 0 Å². The molecule has 5 aromatic rings. The second kappa shape index (κ2) is 6.70. The fourth-order valence-corrected chi connectivity index (χ4v) is 3.03. The molecule has 0 aliphatic carbocycles. The van der Waals surface area contributed by atoms with Gasteiger partial charge in [-0.2, -0.15) is 0 Å². The third-order valence-electron chi connectivity index (χ3n) is 4.50. The topological polar surface area (TPSA) is 63.6 Å². The van der Waals surface area contributed by atoms with Gasteiger partial charge in [-0.05, 0) is 43.3 Å². The molecule has 1 N–H and O–H groups in total. The van der Waals surface area contributed by atoms with Crippen LogP contribution in [0.4, 0.5) is 5.69 Å². The Balaban J connectivity index is 1.68. The highest BCUT2D eigenvalue weighted by Gasteiger charge is 2.13. The van der Waals surface area contributed by atoms with Crippen LogP contribution in [0.3, 0.4) is 0 Å². The van der Waals surface area contributed by atoms with Gasteiger partial charge in [0.15, 0.2) is 17.0 Å². The molecule has 0 bridgehead atoms. The van der Waals surface area contributed by atoms with Crippen LogP contribution in [0, 0.1) is 6.92 Å². The van der Waals surface area contributed by atoms with Crippen LogP contribution in [0.5, 0.6) is 0 Å². The number of hydrogen-bond acceptors (Lipinski definition) is 5. The number of benzene rings is 3. The van der Waals surface area contributed by atoms with E-state index in [2.05, 4.69) is 10.5 Å². The summed E-state index contributed by atoms with van der Waals surface area (Å²) in [7, 11) is 0. The molecule has 2 heterocycles. The maximum atomic E-state index is 6.04. The van der Waals surface area contributed by atoms with Crippen LogP contribution in [0.25, 0.3) is 33.5 Å². The summed E-state index contributed by atoms with van der Waals surface area (Å²) < 4.78 is 12.0. The average Bonchev–Trinajstić information content (AvgIpc) is 3.17. The number of hydrogen-bond donors (Lipinski definition) is 1. The Morgan fingerprint density at radius 1 is 0.821 bits per heavy atom. The summed E-state index contributed by atoms with van der Waals surface area (Å²) in [5.74, 6) is 0.611. The first kappa shape index (κ1) is 16.3. The van der Waals surface area contributed by atoms with E-state index in [1.54, 1.807) is 0 Å². The molecule has 0 fully saturated rings. The molecule has 0 atom stereocenters. The van der Waals surface area contributed by atoms with Gasteiger partial charge in [0, 0.05) is 5.39 Å². The molecule has 0 aliphatic rings. The van der Waals surface area contributed by atoms with Crippen LogP contribution in [-0.2, 0) is 0 Å². The van der Waals surface area contributed by atoms with Crippen molar-refractivity contribution in [2.75, 3.05) is 5.43 Å². The molecule has 5 nitrogen and oxygen atoms in total. The number of nitrogens with zero attached hydrogens (tertiary/aromatic N) is 2. The lowest BCUT2D eigenvalue weighted by molar-refractivity contribution is 0.530. The van der Waals surface area contributed by atoms with E-state index in [1.807, 2.05) is 85.8 Å². The van der Waals surface area contributed by atoms with Gasteiger partial charge >= 0.3 is 0 Å². The zero-order chi connectivity index (χ0) is 18.9. The zero-order valence-electron chi connectivity index (χ0n) is 15.2. The minimum atomic E-state index is 0.360. The Bertz CT molecular complexity index is 1310. The van der Waals surface area contributed by atoms with Crippen molar-refractivity contribution in [2.24, 2.45) is 5.10 Å². The molecule has 3 aromatic carbocycles. The first-order valence-corrected chi connectivity index (χ1v) is 9.01. The molecule has 0 aliphatic heterocycles. The van der Waals surface area contributed by atoms with Crippen molar-refractivity contribution in [2.45, 2.75) is 6.92 Å². The molecule has 0 amide bonds. The van der Waals surface area contributed by atoms with Gasteiger partial charge in [0.2, 0.25) is 0 Å². The molecule has 0 radical (unpaired) electrons. The van der Waals surface area contributed by atoms with E-state index in [1.165, 1.54) is 5.56 Å². The minimum absolute atomic E-state index is 0.360. The quantitative estimate of drug-likeness (QED) is 0.429. The monoisotopic (exact) mass is 367 g/mol. The Labute approximate surface area is 161 Å². The smallest absolute Gasteiger partial charge is 0.266 e. The Morgan fingerprint density at radius 2 is 1.57 bits per heavy atom. The number of aryl methyl sites for hydroxylation is 1. The van der Waals surface area contributed by atoms with Crippen molar-refractivity contribution in [3.63, 3.8) is 0 Å². The molecular weight excluding hydrogens is 350 g/mol. The van der Waals surface area contributed by atoms with E-state index in [4.69, 9.17) is 13.8 Å². The summed E-state index contributed by atoms with van der Waals surface area (Å²) in [4.78, 5) is 4.75. The molecule has 0 unspecified atom stereocenters. The van der Waals surface area contributed by atoms with Crippen LogP contribution in [0.15, 0.2) is 92.8 Å². The second-order valence-corrected chi connectivity index (χ2v) is 6.57. The van der Waals surface area contributed by atoms with Crippen molar-refractivity contribution in [3.8, 4) is 11.5 Å². The predicted octanol–water partition coefficient (Wildman–Crippen LogP) is 5.48. The highest BCUT2D eigenvalue weighted by molar-refractivity contribution is 5.83. The lowest BCUT2D eigenvalue weighted by atomic mass is 10.2. The van der Waals surface area contributed by atoms with Crippen molar-refractivity contribution in [1.82, 2.24) is 4.98 Å². The van der Waals surface area contributed by atoms with Gasteiger partial charge in [-0.1, -0.05) is 48.0 Å². The minimum Gasteiger partial charge on any atom is -0.454 e. The number of aromatic nitrogens is 1. The van der Waals surface area contributed by atoms with Gasteiger partial charge < -0.3 is 8.83 Å². The fraction of sp³-hybridized carbons (Fsp3) is 0.0435. The fourth-order valence-electron chi connectivity index (χ4n) is 3.03. The number of para-hydroxylation sites is 3. The van der Waals surface area contributed by atoms with Gasteiger partial charge in [-0.3, -0.25) is 5.43 Å². The molecule has 0 saturated heterocycles. The molecule has 5 heteroatoms. The van der Waals surface area contributed by atoms with Crippen LogP contribution in [0.1, 0.15) is 5.56 Å². The predicted molar refractivity (Wildman–Crippen MR) is 110 cm³/mol. The standard InChI is InChI=1S/C23H17N3O2/c1-15-10-12-17(13-11-15)25-26-23-22(24-18-7-3-5-9-20(18)28-23)21-14-16-6-2-4-8-19(16)27-21/h2-14,25H,1H3/b26-23-. The average molecular weight is 367 g/mol. The number of furan rings is 1. The van der Waals surface area contributed by atoms with Gasteiger partial charge in [-0.15, -0.1) is 5.10 Å².